The van der Waals surface area contributed by atoms with Crippen molar-refractivity contribution < 1.29 is 0 Å². The molecule has 3 rings (SSSR count). The number of amidine groups is 1. The average molecular weight is 281 g/mol. The molecule has 0 saturated heterocycles. The smallest absolute Gasteiger partial charge is 0.157 e. The van der Waals surface area contributed by atoms with Gasteiger partial charge in [-0.2, -0.15) is 0 Å². The predicted molar refractivity (Wildman–Crippen MR) is 79.4 cm³/mol. The highest BCUT2D eigenvalue weighted by Gasteiger charge is 2.30. The number of nitrogens with zero attached hydrogens (tertiary/aromatic N) is 1. The number of aliphatic imine (C=N–C) groups is 1. The Labute approximate surface area is 117 Å². The zero-order chi connectivity index (χ0) is 12.4. The second-order valence-electron chi connectivity index (χ2n) is 4.95. The first-order chi connectivity index (χ1) is 8.81. The van der Waals surface area contributed by atoms with E-state index in [1.54, 1.807) is 11.8 Å². The summed E-state index contributed by atoms with van der Waals surface area (Å²) in [6, 6.07) is 9.19. The molecule has 1 aliphatic carbocycles. The Morgan fingerprint density at radius 3 is 2.78 bits per heavy atom. The van der Waals surface area contributed by atoms with E-state index in [9.17, 15) is 0 Å². The van der Waals surface area contributed by atoms with E-state index < -0.39 is 0 Å². The lowest BCUT2D eigenvalue weighted by atomic mass is 9.92. The van der Waals surface area contributed by atoms with Gasteiger partial charge in [-0.3, -0.25) is 4.99 Å². The molecule has 1 fully saturated rings. The molecule has 0 aromatic heterocycles. The Kier molecular flexibility index (Phi) is 3.80. The van der Waals surface area contributed by atoms with Gasteiger partial charge in [-0.15, -0.1) is 0 Å². The van der Waals surface area contributed by atoms with E-state index in [4.69, 9.17) is 16.6 Å². The highest BCUT2D eigenvalue weighted by Crippen LogP contribution is 2.28. The van der Waals surface area contributed by atoms with Crippen LogP contribution in [0.1, 0.15) is 31.2 Å². The van der Waals surface area contributed by atoms with Gasteiger partial charge in [0, 0.05) is 10.8 Å². The van der Waals surface area contributed by atoms with Gasteiger partial charge in [0.1, 0.15) is 0 Å². The summed E-state index contributed by atoms with van der Waals surface area (Å²) < 4.78 is 0. The molecule has 1 aliphatic heterocycles. The quantitative estimate of drug-likeness (QED) is 0.890. The summed E-state index contributed by atoms with van der Waals surface area (Å²) in [6.07, 6.45) is 5.21. The lowest BCUT2D eigenvalue weighted by molar-refractivity contribution is 0.385. The monoisotopic (exact) mass is 280 g/mol. The number of fused-ring (bicyclic) bond motifs is 1. The molecule has 2 atom stereocenters. The molecule has 0 unspecified atom stereocenters. The molecular weight excluding hydrogens is 264 g/mol. The normalized spacial score (nSPS) is 26.4. The van der Waals surface area contributed by atoms with Crippen molar-refractivity contribution in [2.24, 2.45) is 4.99 Å². The number of benzene rings is 1. The number of hydrogen-bond acceptors (Lipinski definition) is 3. The zero-order valence-corrected chi connectivity index (χ0v) is 11.8. The SMILES string of the molecule is Clc1ccc(CSC2=N[C@H]3CCCC[C@H]3N2)cc1. The van der Waals surface area contributed by atoms with Crippen LogP contribution in [0.5, 0.6) is 0 Å². The fraction of sp³-hybridized carbons (Fsp3) is 0.500. The van der Waals surface area contributed by atoms with E-state index in [1.165, 1.54) is 31.2 Å². The van der Waals surface area contributed by atoms with Gasteiger partial charge in [0.25, 0.3) is 0 Å². The second kappa shape index (κ2) is 5.54. The number of thioether (sulfide) groups is 1. The van der Waals surface area contributed by atoms with Crippen molar-refractivity contribution in [1.82, 2.24) is 5.32 Å². The molecule has 1 aromatic rings. The van der Waals surface area contributed by atoms with Crippen molar-refractivity contribution in [2.45, 2.75) is 43.5 Å². The van der Waals surface area contributed by atoms with Crippen molar-refractivity contribution in [3.8, 4) is 0 Å². The van der Waals surface area contributed by atoms with Gasteiger partial charge in [-0.1, -0.05) is 48.3 Å². The molecular formula is C14H17ClN2S. The van der Waals surface area contributed by atoms with Crippen LogP contribution in [0.2, 0.25) is 5.02 Å². The minimum absolute atomic E-state index is 0.534. The van der Waals surface area contributed by atoms with E-state index in [0.717, 1.165) is 15.9 Å². The minimum Gasteiger partial charge on any atom is -0.360 e. The standard InChI is InChI=1S/C14H17ClN2S/c15-11-7-5-10(6-8-11)9-18-14-16-12-3-1-2-4-13(12)17-14/h5-8,12-13H,1-4,9H2,(H,16,17)/t12-,13+. The summed E-state index contributed by atoms with van der Waals surface area (Å²) >= 11 is 7.68. The zero-order valence-electron chi connectivity index (χ0n) is 10.2. The molecule has 96 valence electrons. The topological polar surface area (TPSA) is 24.4 Å². The maximum absolute atomic E-state index is 5.88. The van der Waals surface area contributed by atoms with Gasteiger partial charge in [0.2, 0.25) is 0 Å². The number of rotatable bonds is 2. The van der Waals surface area contributed by atoms with E-state index in [0.29, 0.717) is 12.1 Å². The molecule has 1 heterocycles. The Hall–Kier alpha value is -0.670. The summed E-state index contributed by atoms with van der Waals surface area (Å²) in [6.45, 7) is 0. The fourth-order valence-electron chi connectivity index (χ4n) is 2.59. The maximum atomic E-state index is 5.88. The Bertz CT molecular complexity index is 444. The van der Waals surface area contributed by atoms with Crippen LogP contribution in [0.3, 0.4) is 0 Å². The fourth-order valence-corrected chi connectivity index (χ4v) is 3.66. The van der Waals surface area contributed by atoms with Crippen LogP contribution in [0.25, 0.3) is 0 Å². The van der Waals surface area contributed by atoms with Crippen LogP contribution < -0.4 is 5.32 Å². The molecule has 0 spiro atoms. The summed E-state index contributed by atoms with van der Waals surface area (Å²) in [4.78, 5) is 4.79. The molecule has 4 heteroatoms. The van der Waals surface area contributed by atoms with Crippen LogP contribution in [0.15, 0.2) is 29.3 Å². The molecule has 1 aromatic carbocycles. The van der Waals surface area contributed by atoms with E-state index in [1.807, 2.05) is 12.1 Å². The molecule has 0 amide bonds. The first-order valence-corrected chi connectivity index (χ1v) is 7.89. The number of halogens is 1. The third-order valence-corrected chi connectivity index (χ3v) is 4.84. The van der Waals surface area contributed by atoms with Crippen molar-refractivity contribution in [2.75, 3.05) is 0 Å². The van der Waals surface area contributed by atoms with Crippen LogP contribution in [-0.4, -0.2) is 17.3 Å². The van der Waals surface area contributed by atoms with Crippen molar-refractivity contribution >= 4 is 28.5 Å². The number of hydrogen-bond donors (Lipinski definition) is 1. The molecule has 1 N–H and O–H groups in total. The molecule has 0 radical (unpaired) electrons. The maximum Gasteiger partial charge on any atom is 0.157 e. The Morgan fingerprint density at radius 1 is 1.22 bits per heavy atom. The molecule has 18 heavy (non-hydrogen) atoms. The Morgan fingerprint density at radius 2 is 2.00 bits per heavy atom. The number of nitrogens with one attached hydrogen (secondary N) is 1. The van der Waals surface area contributed by atoms with Gasteiger partial charge in [0.15, 0.2) is 5.17 Å². The van der Waals surface area contributed by atoms with Crippen LogP contribution in [-0.2, 0) is 5.75 Å². The first kappa shape index (κ1) is 12.4. The van der Waals surface area contributed by atoms with Crippen LogP contribution in [0, 0.1) is 0 Å². The average Bonchev–Trinajstić information content (AvgIpc) is 2.81. The minimum atomic E-state index is 0.534. The molecule has 2 aliphatic rings. The van der Waals surface area contributed by atoms with Crippen LogP contribution >= 0.6 is 23.4 Å². The highest BCUT2D eigenvalue weighted by molar-refractivity contribution is 8.13. The largest absolute Gasteiger partial charge is 0.360 e. The lowest BCUT2D eigenvalue weighted by Gasteiger charge is -2.23. The second-order valence-corrected chi connectivity index (χ2v) is 6.35. The van der Waals surface area contributed by atoms with Crippen LogP contribution in [0.4, 0.5) is 0 Å². The third kappa shape index (κ3) is 2.83. The van der Waals surface area contributed by atoms with Crippen molar-refractivity contribution in [3.05, 3.63) is 34.9 Å². The predicted octanol–water partition coefficient (Wildman–Crippen LogP) is 3.84. The summed E-state index contributed by atoms with van der Waals surface area (Å²) in [5, 5.41) is 5.49. The summed E-state index contributed by atoms with van der Waals surface area (Å²) in [5.74, 6) is 0.961. The van der Waals surface area contributed by atoms with Crippen molar-refractivity contribution in [1.29, 1.82) is 0 Å². The third-order valence-electron chi connectivity index (χ3n) is 3.61. The highest BCUT2D eigenvalue weighted by atomic mass is 35.5. The lowest BCUT2D eigenvalue weighted by Crippen LogP contribution is -2.36. The summed E-state index contributed by atoms with van der Waals surface area (Å²) in [5.41, 5.74) is 1.30. The summed E-state index contributed by atoms with van der Waals surface area (Å²) in [7, 11) is 0. The van der Waals surface area contributed by atoms with E-state index >= 15 is 0 Å². The van der Waals surface area contributed by atoms with Gasteiger partial charge in [0.05, 0.1) is 12.1 Å². The van der Waals surface area contributed by atoms with Gasteiger partial charge in [-0.05, 0) is 30.5 Å². The van der Waals surface area contributed by atoms with Gasteiger partial charge >= 0.3 is 0 Å². The Balaban J connectivity index is 1.56. The van der Waals surface area contributed by atoms with E-state index in [-0.39, 0.29) is 0 Å². The van der Waals surface area contributed by atoms with E-state index in [2.05, 4.69) is 17.4 Å². The molecule has 1 saturated carbocycles. The molecule has 2 nitrogen and oxygen atoms in total. The van der Waals surface area contributed by atoms with Gasteiger partial charge < -0.3 is 5.32 Å². The molecule has 0 bridgehead atoms. The van der Waals surface area contributed by atoms with Crippen molar-refractivity contribution in [3.63, 3.8) is 0 Å². The van der Waals surface area contributed by atoms with Gasteiger partial charge in [-0.25, -0.2) is 0 Å². The first-order valence-electron chi connectivity index (χ1n) is 6.53.